The molecule has 0 unspecified atom stereocenters. The van der Waals surface area contributed by atoms with E-state index in [1.807, 2.05) is 29.2 Å². The minimum absolute atomic E-state index is 0. The summed E-state index contributed by atoms with van der Waals surface area (Å²) in [6.07, 6.45) is 5.55. The Balaban J connectivity index is 0.00000208. The molecule has 24 heavy (non-hydrogen) atoms. The number of para-hydroxylation sites is 2. The Morgan fingerprint density at radius 2 is 1.92 bits per heavy atom. The second kappa shape index (κ2) is 8.78. The van der Waals surface area contributed by atoms with E-state index in [-0.39, 0.29) is 36.9 Å². The molecule has 0 spiro atoms. The summed E-state index contributed by atoms with van der Waals surface area (Å²) in [5.74, 6) is -0.269. The van der Waals surface area contributed by atoms with Gasteiger partial charge in [-0.25, -0.2) is 4.79 Å². The van der Waals surface area contributed by atoms with Crippen molar-refractivity contribution in [3.63, 3.8) is 0 Å². The number of hydrogen-bond acceptors (Lipinski definition) is 4. The molecule has 0 saturated heterocycles. The molecule has 0 radical (unpaired) electrons. The Kier molecular flexibility index (Phi) is 6.73. The largest absolute Gasteiger partial charge is 0.382 e. The maximum absolute atomic E-state index is 12.1. The molecule has 1 aromatic carbocycles. The van der Waals surface area contributed by atoms with Crippen LogP contribution < -0.4 is 20.9 Å². The first kappa shape index (κ1) is 18.4. The zero-order valence-electron chi connectivity index (χ0n) is 13.7. The first-order chi connectivity index (χ1) is 11.2. The lowest BCUT2D eigenvalue weighted by Crippen LogP contribution is -2.49. The molecule has 1 aromatic rings. The second-order valence-electron chi connectivity index (χ2n) is 6.22. The van der Waals surface area contributed by atoms with E-state index in [1.54, 1.807) is 0 Å². The Morgan fingerprint density at radius 1 is 1.17 bits per heavy atom. The summed E-state index contributed by atoms with van der Waals surface area (Å²) in [6, 6.07) is 7.73. The Morgan fingerprint density at radius 3 is 2.71 bits per heavy atom. The molecule has 7 heteroatoms. The number of rotatable bonds is 3. The molecule has 1 aliphatic carbocycles. The van der Waals surface area contributed by atoms with Gasteiger partial charge in [-0.05, 0) is 25.0 Å². The summed E-state index contributed by atoms with van der Waals surface area (Å²) in [5, 5.41) is 8.67. The number of hydrogen-bond donors (Lipinski definition) is 3. The number of benzene rings is 1. The van der Waals surface area contributed by atoms with Crippen molar-refractivity contribution in [2.24, 2.45) is 0 Å². The molecule has 3 amide bonds. The predicted molar refractivity (Wildman–Crippen MR) is 97.9 cm³/mol. The molecule has 132 valence electrons. The number of carbonyl (C=O) groups excluding carboxylic acids is 2. The van der Waals surface area contributed by atoms with Crippen molar-refractivity contribution in [1.82, 2.24) is 10.6 Å². The van der Waals surface area contributed by atoms with E-state index >= 15 is 0 Å². The van der Waals surface area contributed by atoms with Crippen molar-refractivity contribution in [3.8, 4) is 0 Å². The van der Waals surface area contributed by atoms with E-state index in [0.29, 0.717) is 0 Å². The van der Waals surface area contributed by atoms with E-state index in [4.69, 9.17) is 0 Å². The summed E-state index contributed by atoms with van der Waals surface area (Å²) >= 11 is 0. The number of urea groups is 1. The smallest absolute Gasteiger partial charge is 0.321 e. The highest BCUT2D eigenvalue weighted by atomic mass is 35.5. The molecule has 0 atom stereocenters. The third-order valence-electron chi connectivity index (χ3n) is 4.47. The maximum atomic E-state index is 12.1. The summed E-state index contributed by atoms with van der Waals surface area (Å²) in [5.41, 5.74) is 2.03. The van der Waals surface area contributed by atoms with E-state index in [0.717, 1.165) is 50.1 Å². The summed E-state index contributed by atoms with van der Waals surface area (Å²) < 4.78 is 0. The van der Waals surface area contributed by atoms with Crippen molar-refractivity contribution in [3.05, 3.63) is 24.3 Å². The fraction of sp³-hybridized carbons (Fsp3) is 0.529. The van der Waals surface area contributed by atoms with Gasteiger partial charge in [0.25, 0.3) is 0 Å². The van der Waals surface area contributed by atoms with Crippen LogP contribution in [-0.4, -0.2) is 37.6 Å². The topological polar surface area (TPSA) is 73.5 Å². The van der Waals surface area contributed by atoms with Crippen LogP contribution >= 0.6 is 12.4 Å². The summed E-state index contributed by atoms with van der Waals surface area (Å²) in [4.78, 5) is 26.1. The number of amides is 3. The van der Waals surface area contributed by atoms with Gasteiger partial charge in [-0.2, -0.15) is 0 Å². The fourth-order valence-electron chi connectivity index (χ4n) is 3.32. The van der Waals surface area contributed by atoms with Gasteiger partial charge in [-0.15, -0.1) is 12.4 Å². The number of fused-ring (bicyclic) bond motifs is 1. The minimum Gasteiger partial charge on any atom is -0.382 e. The third-order valence-corrected chi connectivity index (χ3v) is 4.47. The average Bonchev–Trinajstić information content (AvgIpc) is 2.56. The number of carbonyl (C=O) groups is 2. The maximum Gasteiger partial charge on any atom is 0.321 e. The van der Waals surface area contributed by atoms with E-state index in [1.165, 1.54) is 6.42 Å². The number of nitrogens with zero attached hydrogens (tertiary/aromatic N) is 1. The standard InChI is InChI=1S/C17H24N4O2.ClH/c22-16(20-17(23)19-13-6-2-1-3-7-13)12-21-11-10-18-14-8-4-5-9-15(14)21;/h4-5,8-9,13,18H,1-3,6-7,10-12H2,(H2,19,20,22,23);1H. The van der Waals surface area contributed by atoms with Gasteiger partial charge in [-0.3, -0.25) is 10.1 Å². The van der Waals surface area contributed by atoms with Gasteiger partial charge in [0.1, 0.15) is 0 Å². The van der Waals surface area contributed by atoms with Crippen LogP contribution in [0.3, 0.4) is 0 Å². The predicted octanol–water partition coefficient (Wildman–Crippen LogP) is 2.50. The quantitative estimate of drug-likeness (QED) is 0.781. The van der Waals surface area contributed by atoms with Gasteiger partial charge >= 0.3 is 6.03 Å². The lowest BCUT2D eigenvalue weighted by atomic mass is 9.96. The molecule has 1 saturated carbocycles. The zero-order valence-corrected chi connectivity index (χ0v) is 14.5. The van der Waals surface area contributed by atoms with Crippen LogP contribution in [0.4, 0.5) is 16.2 Å². The Labute approximate surface area is 148 Å². The third kappa shape index (κ3) is 4.77. The van der Waals surface area contributed by atoms with Gasteiger partial charge < -0.3 is 15.5 Å². The van der Waals surface area contributed by atoms with Gasteiger partial charge in [0.15, 0.2) is 0 Å². The molecule has 1 aliphatic heterocycles. The van der Waals surface area contributed by atoms with Crippen LogP contribution in [0.2, 0.25) is 0 Å². The number of anilines is 2. The molecular formula is C17H25ClN4O2. The number of halogens is 1. The number of imide groups is 1. The molecule has 1 fully saturated rings. The van der Waals surface area contributed by atoms with Crippen LogP contribution in [0.1, 0.15) is 32.1 Å². The zero-order chi connectivity index (χ0) is 16.1. The van der Waals surface area contributed by atoms with Crippen LogP contribution in [0.25, 0.3) is 0 Å². The molecule has 0 aromatic heterocycles. The first-order valence-corrected chi connectivity index (χ1v) is 8.40. The SMILES string of the molecule is Cl.O=C(CN1CCNc2ccccc21)NC(=O)NC1CCCCC1. The highest BCUT2D eigenvalue weighted by molar-refractivity contribution is 5.97. The van der Waals surface area contributed by atoms with Crippen molar-refractivity contribution < 1.29 is 9.59 Å². The van der Waals surface area contributed by atoms with Crippen LogP contribution in [0, 0.1) is 0 Å². The molecule has 3 N–H and O–H groups in total. The lowest BCUT2D eigenvalue weighted by molar-refractivity contribution is -0.118. The monoisotopic (exact) mass is 352 g/mol. The van der Waals surface area contributed by atoms with Crippen LogP contribution in [-0.2, 0) is 4.79 Å². The van der Waals surface area contributed by atoms with Crippen LogP contribution in [0.5, 0.6) is 0 Å². The van der Waals surface area contributed by atoms with Gasteiger partial charge in [-0.1, -0.05) is 31.4 Å². The molecular weight excluding hydrogens is 328 g/mol. The summed E-state index contributed by atoms with van der Waals surface area (Å²) in [7, 11) is 0. The normalized spacial score (nSPS) is 17.1. The number of nitrogens with one attached hydrogen (secondary N) is 3. The molecule has 2 aliphatic rings. The van der Waals surface area contributed by atoms with Gasteiger partial charge in [0.05, 0.1) is 17.9 Å². The fourth-order valence-corrected chi connectivity index (χ4v) is 3.32. The van der Waals surface area contributed by atoms with Gasteiger partial charge in [0, 0.05) is 19.1 Å². The summed E-state index contributed by atoms with van der Waals surface area (Å²) in [6.45, 7) is 1.73. The Bertz CT molecular complexity index is 575. The molecule has 3 rings (SSSR count). The van der Waals surface area contributed by atoms with Crippen molar-refractivity contribution >= 4 is 35.7 Å². The van der Waals surface area contributed by atoms with E-state index < -0.39 is 0 Å². The van der Waals surface area contributed by atoms with Crippen molar-refractivity contribution in [1.29, 1.82) is 0 Å². The van der Waals surface area contributed by atoms with Crippen LogP contribution in [0.15, 0.2) is 24.3 Å². The van der Waals surface area contributed by atoms with E-state index in [9.17, 15) is 9.59 Å². The van der Waals surface area contributed by atoms with Crippen molar-refractivity contribution in [2.75, 3.05) is 29.9 Å². The van der Waals surface area contributed by atoms with Crippen molar-refractivity contribution in [2.45, 2.75) is 38.1 Å². The molecule has 1 heterocycles. The highest BCUT2D eigenvalue weighted by Crippen LogP contribution is 2.27. The van der Waals surface area contributed by atoms with E-state index in [2.05, 4.69) is 16.0 Å². The molecule has 0 bridgehead atoms. The molecule has 6 nitrogen and oxygen atoms in total. The lowest BCUT2D eigenvalue weighted by Gasteiger charge is -2.31. The Hall–Kier alpha value is -1.95. The minimum atomic E-state index is -0.370. The second-order valence-corrected chi connectivity index (χ2v) is 6.22. The van der Waals surface area contributed by atoms with Gasteiger partial charge in [0.2, 0.25) is 5.91 Å². The average molecular weight is 353 g/mol. The first-order valence-electron chi connectivity index (χ1n) is 8.40. The highest BCUT2D eigenvalue weighted by Gasteiger charge is 2.21.